The van der Waals surface area contributed by atoms with Gasteiger partial charge in [-0.3, -0.25) is 14.4 Å². The number of hydrogen-bond acceptors (Lipinski definition) is 6. The predicted molar refractivity (Wildman–Crippen MR) is 149 cm³/mol. The van der Waals surface area contributed by atoms with Crippen molar-refractivity contribution < 1.29 is 23.6 Å². The summed E-state index contributed by atoms with van der Waals surface area (Å²) in [6.45, 7) is 4.14. The number of amides is 3. The van der Waals surface area contributed by atoms with Gasteiger partial charge in [-0.15, -0.1) is 0 Å². The number of nitrogens with zero attached hydrogens (tertiary/aromatic N) is 2. The van der Waals surface area contributed by atoms with Gasteiger partial charge in [-0.25, -0.2) is 0 Å². The van der Waals surface area contributed by atoms with Crippen LogP contribution in [0.4, 0.5) is 0 Å². The van der Waals surface area contributed by atoms with E-state index in [1.807, 2.05) is 35.2 Å². The van der Waals surface area contributed by atoms with Gasteiger partial charge in [-0.1, -0.05) is 54.6 Å². The van der Waals surface area contributed by atoms with Gasteiger partial charge in [0.05, 0.1) is 5.41 Å². The maximum atomic E-state index is 13.7. The molecule has 0 radical (unpaired) electrons. The Bertz CT molecular complexity index is 1200. The van der Waals surface area contributed by atoms with Crippen molar-refractivity contribution >= 4 is 17.7 Å². The molecule has 1 spiro atoms. The highest BCUT2D eigenvalue weighted by Gasteiger charge is 2.42. The number of hydrogen-bond donors (Lipinski definition) is 2. The maximum absolute atomic E-state index is 13.7. The Morgan fingerprint density at radius 3 is 2.70 bits per heavy atom. The summed E-state index contributed by atoms with van der Waals surface area (Å²) in [5.41, 5.74) is 0.727. The number of ether oxygens (including phenoxy) is 1. The highest BCUT2D eigenvalue weighted by atomic mass is 16.5. The molecule has 2 saturated heterocycles. The van der Waals surface area contributed by atoms with E-state index in [-0.39, 0.29) is 29.7 Å². The largest absolute Gasteiger partial charge is 0.381 e. The summed E-state index contributed by atoms with van der Waals surface area (Å²) in [6.07, 6.45) is 9.46. The third-order valence-electron chi connectivity index (χ3n) is 8.57. The zero-order valence-corrected chi connectivity index (χ0v) is 23.3. The molecule has 3 aliphatic heterocycles. The summed E-state index contributed by atoms with van der Waals surface area (Å²) in [5, 5.41) is 10.4. The Kier molecular flexibility index (Phi) is 8.99. The summed E-state index contributed by atoms with van der Waals surface area (Å²) in [6, 6.07) is 10.7. The van der Waals surface area contributed by atoms with Crippen LogP contribution < -0.4 is 10.6 Å². The number of carbonyl (C=O) groups is 3. The molecule has 40 heavy (non-hydrogen) atoms. The third-order valence-corrected chi connectivity index (χ3v) is 8.57. The summed E-state index contributed by atoms with van der Waals surface area (Å²) >= 11 is 0. The number of likely N-dealkylation sites (tertiary alicyclic amines) is 1. The van der Waals surface area contributed by atoms with Crippen LogP contribution in [0.1, 0.15) is 67.3 Å². The van der Waals surface area contributed by atoms with Crippen LogP contribution in [0.2, 0.25) is 0 Å². The molecule has 0 bridgehead atoms. The standard InChI is InChI=1S/C31H40N4O5/c1-2-8-24-20-27(34-40-24)29(37)35-16-12-25-23(21-35)11-6-7-13-31(14-17-39-18-15-31)30(38)33-26(28(36)32-25)19-22-9-4-3-5-10-22/h3-7,9-10,20,23,25-26H,2,8,11-19,21H2,1H3,(H,32,36)(H,33,38)/b7-6+/t23-,25+,26-/m0/s1. The van der Waals surface area contributed by atoms with Crippen molar-refractivity contribution in [3.05, 3.63) is 65.6 Å². The molecule has 9 nitrogen and oxygen atoms in total. The minimum absolute atomic E-state index is 0.0399. The molecule has 3 atom stereocenters. The van der Waals surface area contributed by atoms with E-state index < -0.39 is 11.5 Å². The van der Waals surface area contributed by atoms with E-state index in [1.54, 1.807) is 6.07 Å². The molecule has 2 N–H and O–H groups in total. The zero-order chi connectivity index (χ0) is 28.0. The van der Waals surface area contributed by atoms with Gasteiger partial charge >= 0.3 is 0 Å². The van der Waals surface area contributed by atoms with E-state index in [9.17, 15) is 14.4 Å². The van der Waals surface area contributed by atoms with Crippen LogP contribution in [0.5, 0.6) is 0 Å². The molecule has 3 aliphatic rings. The molecule has 0 aliphatic carbocycles. The summed E-state index contributed by atoms with van der Waals surface area (Å²) in [4.78, 5) is 42.5. The SMILES string of the molecule is CCCc1cc(C(=O)N2CC[C@H]3NC(=O)[C@H](Cc4ccccc4)NC(=O)C4(C/C=C/C[C@H]3C2)CCOCC4)no1. The number of piperidine rings is 1. The number of aromatic nitrogens is 1. The molecule has 1 aromatic carbocycles. The van der Waals surface area contributed by atoms with Crippen LogP contribution in [-0.2, 0) is 27.2 Å². The fourth-order valence-corrected chi connectivity index (χ4v) is 6.11. The quantitative estimate of drug-likeness (QED) is 0.554. The van der Waals surface area contributed by atoms with Crippen molar-refractivity contribution in [1.29, 1.82) is 0 Å². The first-order chi connectivity index (χ1) is 19.5. The number of allylic oxidation sites excluding steroid dienone is 2. The number of carbonyl (C=O) groups excluding carboxylic acids is 3. The second-order valence-electron chi connectivity index (χ2n) is 11.4. The lowest BCUT2D eigenvalue weighted by atomic mass is 9.75. The lowest BCUT2D eigenvalue weighted by molar-refractivity contribution is -0.140. The number of rotatable bonds is 5. The lowest BCUT2D eigenvalue weighted by Crippen LogP contribution is -2.58. The van der Waals surface area contributed by atoms with Crippen molar-refractivity contribution in [2.75, 3.05) is 26.3 Å². The van der Waals surface area contributed by atoms with Crippen LogP contribution in [0.15, 0.2) is 53.1 Å². The maximum Gasteiger partial charge on any atom is 0.276 e. The van der Waals surface area contributed by atoms with Gasteiger partial charge in [0.15, 0.2) is 5.69 Å². The highest BCUT2D eigenvalue weighted by molar-refractivity contribution is 5.92. The van der Waals surface area contributed by atoms with Crippen molar-refractivity contribution in [2.45, 2.75) is 70.4 Å². The van der Waals surface area contributed by atoms with Crippen LogP contribution in [0, 0.1) is 11.3 Å². The molecule has 4 heterocycles. The van der Waals surface area contributed by atoms with Gasteiger partial charge in [0.25, 0.3) is 5.91 Å². The molecule has 5 rings (SSSR count). The van der Waals surface area contributed by atoms with Crippen LogP contribution >= 0.6 is 0 Å². The highest BCUT2D eigenvalue weighted by Crippen LogP contribution is 2.36. The molecule has 0 saturated carbocycles. The molecule has 2 aromatic rings. The van der Waals surface area contributed by atoms with E-state index in [0.29, 0.717) is 70.5 Å². The Hall–Kier alpha value is -3.46. The summed E-state index contributed by atoms with van der Waals surface area (Å²) in [5.74, 6) is 0.360. The zero-order valence-electron chi connectivity index (χ0n) is 23.3. The summed E-state index contributed by atoms with van der Waals surface area (Å²) < 4.78 is 10.9. The van der Waals surface area contributed by atoms with Gasteiger partial charge < -0.3 is 24.8 Å². The Balaban J connectivity index is 1.37. The van der Waals surface area contributed by atoms with Gasteiger partial charge in [0, 0.05) is 57.2 Å². The molecule has 9 heteroatoms. The van der Waals surface area contributed by atoms with Gasteiger partial charge in [-0.2, -0.15) is 0 Å². The smallest absolute Gasteiger partial charge is 0.276 e. The number of fused-ring (bicyclic) bond motifs is 1. The molecule has 214 valence electrons. The Labute approximate surface area is 235 Å². The second-order valence-corrected chi connectivity index (χ2v) is 11.4. The molecular weight excluding hydrogens is 508 g/mol. The fourth-order valence-electron chi connectivity index (χ4n) is 6.11. The van der Waals surface area contributed by atoms with E-state index in [1.165, 1.54) is 0 Å². The molecule has 1 aromatic heterocycles. The van der Waals surface area contributed by atoms with Crippen LogP contribution in [0.3, 0.4) is 0 Å². The monoisotopic (exact) mass is 548 g/mol. The van der Waals surface area contributed by atoms with E-state index in [0.717, 1.165) is 24.2 Å². The van der Waals surface area contributed by atoms with Gasteiger partial charge in [0.1, 0.15) is 11.8 Å². The fraction of sp³-hybridized carbons (Fsp3) is 0.548. The van der Waals surface area contributed by atoms with Crippen molar-refractivity contribution in [2.24, 2.45) is 11.3 Å². The van der Waals surface area contributed by atoms with Crippen molar-refractivity contribution in [1.82, 2.24) is 20.7 Å². The molecule has 3 amide bonds. The topological polar surface area (TPSA) is 114 Å². The predicted octanol–water partition coefficient (Wildman–Crippen LogP) is 3.45. The first-order valence-corrected chi connectivity index (χ1v) is 14.6. The summed E-state index contributed by atoms with van der Waals surface area (Å²) in [7, 11) is 0. The molecular formula is C31H40N4O5. The number of nitrogens with one attached hydrogen (secondary N) is 2. The third kappa shape index (κ3) is 6.46. The number of benzene rings is 1. The van der Waals surface area contributed by atoms with Crippen molar-refractivity contribution in [3.63, 3.8) is 0 Å². The van der Waals surface area contributed by atoms with E-state index >= 15 is 0 Å². The van der Waals surface area contributed by atoms with Gasteiger partial charge in [0.2, 0.25) is 11.8 Å². The van der Waals surface area contributed by atoms with Gasteiger partial charge in [-0.05, 0) is 44.1 Å². The Morgan fingerprint density at radius 2 is 1.93 bits per heavy atom. The minimum atomic E-state index is -0.689. The minimum Gasteiger partial charge on any atom is -0.381 e. The van der Waals surface area contributed by atoms with Crippen LogP contribution in [0.25, 0.3) is 0 Å². The van der Waals surface area contributed by atoms with E-state index in [2.05, 4.69) is 34.9 Å². The lowest BCUT2D eigenvalue weighted by Gasteiger charge is -2.40. The average Bonchev–Trinajstić information content (AvgIpc) is 3.44. The second kappa shape index (κ2) is 12.8. The molecule has 2 fully saturated rings. The normalized spacial score (nSPS) is 26.1. The Morgan fingerprint density at radius 1 is 1.12 bits per heavy atom. The average molecular weight is 549 g/mol. The number of aryl methyl sites for hydroxylation is 1. The van der Waals surface area contributed by atoms with Crippen LogP contribution in [-0.4, -0.2) is 66.2 Å². The first kappa shape index (κ1) is 28.1. The first-order valence-electron chi connectivity index (χ1n) is 14.6. The van der Waals surface area contributed by atoms with Crippen molar-refractivity contribution in [3.8, 4) is 0 Å². The molecule has 0 unspecified atom stereocenters. The van der Waals surface area contributed by atoms with E-state index in [4.69, 9.17) is 9.26 Å².